The Bertz CT molecular complexity index is 2530. The Balaban J connectivity index is 0.000000191. The van der Waals surface area contributed by atoms with Gasteiger partial charge in [0.25, 0.3) is 0 Å². The van der Waals surface area contributed by atoms with Crippen molar-refractivity contribution in [1.29, 1.82) is 0 Å². The number of hydrogen-bond acceptors (Lipinski definition) is 14. The fourth-order valence-electron chi connectivity index (χ4n) is 6.26. The van der Waals surface area contributed by atoms with Gasteiger partial charge < -0.3 is 45.4 Å². The van der Waals surface area contributed by atoms with E-state index in [4.69, 9.17) is 46.7 Å². The van der Waals surface area contributed by atoms with Crippen LogP contribution in [0.15, 0.2) is 143 Å². The van der Waals surface area contributed by atoms with Gasteiger partial charge in [0.2, 0.25) is 0 Å². The third kappa shape index (κ3) is 13.7. The number of alkyl halides is 1. The molecule has 2 aromatic heterocycles. The number of aliphatic hydroxyl groups excluding tert-OH is 1. The number of carboxylic acid groups (broad SMARTS) is 1. The number of ether oxygens (including phenoxy) is 5. The minimum Gasteiger partial charge on any atom is -0.478 e. The molecule has 6 aromatic rings. The molecule has 2 aliphatic rings. The zero-order valence-electron chi connectivity index (χ0n) is 34.9. The van der Waals surface area contributed by atoms with Crippen molar-refractivity contribution in [3.63, 3.8) is 0 Å². The molecule has 330 valence electrons. The van der Waals surface area contributed by atoms with E-state index in [0.717, 1.165) is 22.3 Å². The summed E-state index contributed by atoms with van der Waals surface area (Å²) in [7, 11) is -1.00. The molecule has 4 atom stereocenters. The average Bonchev–Trinajstić information content (AvgIpc) is 3.98. The second-order valence-electron chi connectivity index (χ2n) is 13.5. The standard InChI is InChI=1S/C22H21N3O5.C14H12O2.C8H11N3O4.CH3F/c23-18-10-11-25(22(27)24-18)19-13-28-20(30-19)14-29-21(26)17-9-5-4-8-16(17)12-15-6-2-1-3-7-15;15-14(16)13-9-5-4-8-12(13)10-11-6-2-1-3-7-11;9-5-1-2-11(8(13)10-5)6-4-14-7(3-12)15-6;1-2/h1-11,19-20H,12-14H2,(H2,23,24,27);1-9H,10H2,(H,15,16);1-2,6-7,12H,3-4H2,(H2,9,10,13);1H3/t19-,20-;;6-,7-;/m0.0./s1/i;;;1D. The fourth-order valence-corrected chi connectivity index (χ4v) is 6.26. The lowest BCUT2D eigenvalue weighted by atomic mass is 10.00. The third-order valence-corrected chi connectivity index (χ3v) is 9.25. The van der Waals surface area contributed by atoms with Crippen molar-refractivity contribution in [1.82, 2.24) is 19.1 Å². The first-order valence-corrected chi connectivity index (χ1v) is 19.3. The fraction of sp³-hybridized carbons (Fsp3) is 0.244. The molecule has 63 heavy (non-hydrogen) atoms. The molecule has 4 heterocycles. The van der Waals surface area contributed by atoms with E-state index in [2.05, 4.69) is 9.97 Å². The molecule has 2 aliphatic heterocycles. The largest absolute Gasteiger partial charge is 0.478 e. The summed E-state index contributed by atoms with van der Waals surface area (Å²) in [6.45, 7) is 0.00878. The minimum absolute atomic E-state index is 0.0911. The molecule has 8 rings (SSSR count). The zero-order chi connectivity index (χ0) is 45.8. The number of aromatic nitrogens is 4. The van der Waals surface area contributed by atoms with E-state index >= 15 is 0 Å². The quantitative estimate of drug-likeness (QED) is 0.132. The topological polar surface area (TPSA) is 243 Å². The Hall–Kier alpha value is -7.09. The number of hydrogen-bond donors (Lipinski definition) is 4. The van der Waals surface area contributed by atoms with Gasteiger partial charge in [0.1, 0.15) is 18.2 Å². The highest BCUT2D eigenvalue weighted by molar-refractivity contribution is 5.91. The normalized spacial score (nSPS) is 17.7. The van der Waals surface area contributed by atoms with Crippen LogP contribution in [0.1, 0.15) is 56.8 Å². The molecule has 0 bridgehead atoms. The van der Waals surface area contributed by atoms with Crippen molar-refractivity contribution >= 4 is 23.6 Å². The summed E-state index contributed by atoms with van der Waals surface area (Å²) < 4.78 is 44.9. The summed E-state index contributed by atoms with van der Waals surface area (Å²) in [4.78, 5) is 54.2. The van der Waals surface area contributed by atoms with E-state index in [-0.39, 0.29) is 38.1 Å². The first-order chi connectivity index (χ1) is 31.0. The van der Waals surface area contributed by atoms with Crippen LogP contribution >= 0.6 is 0 Å². The Morgan fingerprint density at radius 2 is 1.14 bits per heavy atom. The maximum atomic E-state index is 12.6. The molecule has 4 aromatic carbocycles. The molecule has 2 fully saturated rings. The molecule has 0 spiro atoms. The summed E-state index contributed by atoms with van der Waals surface area (Å²) in [5.74, 6) is -1.03. The Labute approximate surface area is 362 Å². The number of anilines is 2. The van der Waals surface area contributed by atoms with Crippen LogP contribution in [0.5, 0.6) is 0 Å². The van der Waals surface area contributed by atoms with Gasteiger partial charge in [-0.15, -0.1) is 0 Å². The number of aromatic carboxylic acids is 1. The van der Waals surface area contributed by atoms with Crippen molar-refractivity contribution in [2.24, 2.45) is 0 Å². The van der Waals surface area contributed by atoms with Gasteiger partial charge >= 0.3 is 23.3 Å². The number of benzene rings is 4. The van der Waals surface area contributed by atoms with Gasteiger partial charge in [-0.3, -0.25) is 13.5 Å². The van der Waals surface area contributed by atoms with E-state index in [1.165, 1.54) is 33.7 Å². The summed E-state index contributed by atoms with van der Waals surface area (Å²) in [5.41, 5.74) is 14.6. The first-order valence-electron chi connectivity index (χ1n) is 20.0. The second-order valence-corrected chi connectivity index (χ2v) is 13.5. The highest BCUT2D eigenvalue weighted by atomic mass is 19.1. The number of aliphatic hydroxyl groups is 1. The number of carboxylic acids is 1. The molecule has 18 heteroatoms. The van der Waals surface area contributed by atoms with E-state index in [9.17, 15) is 23.6 Å². The molecule has 0 saturated carbocycles. The summed E-state index contributed by atoms with van der Waals surface area (Å²) >= 11 is 0. The van der Waals surface area contributed by atoms with Gasteiger partial charge in [0, 0.05) is 12.4 Å². The number of nitrogens with two attached hydrogens (primary N) is 2. The highest BCUT2D eigenvalue weighted by Crippen LogP contribution is 2.22. The van der Waals surface area contributed by atoms with Crippen LogP contribution in [0.25, 0.3) is 0 Å². The van der Waals surface area contributed by atoms with Crippen molar-refractivity contribution in [3.05, 3.63) is 188 Å². The van der Waals surface area contributed by atoms with E-state index in [1.807, 2.05) is 84.9 Å². The van der Waals surface area contributed by atoms with Crippen molar-refractivity contribution in [2.75, 3.05) is 45.0 Å². The maximum absolute atomic E-state index is 12.6. The Morgan fingerprint density at radius 1 is 0.714 bits per heavy atom. The molecule has 0 radical (unpaired) electrons. The molecule has 0 aliphatic carbocycles. The third-order valence-electron chi connectivity index (χ3n) is 9.25. The van der Waals surface area contributed by atoms with Crippen LogP contribution in [0.3, 0.4) is 0 Å². The molecule has 0 amide bonds. The number of carbonyl (C=O) groups excluding carboxylic acids is 1. The van der Waals surface area contributed by atoms with Crippen LogP contribution in [0.2, 0.25) is 0 Å². The Kier molecular flexibility index (Phi) is 17.2. The maximum Gasteiger partial charge on any atom is 0.351 e. The second kappa shape index (κ2) is 23.8. The molecule has 6 N–H and O–H groups in total. The van der Waals surface area contributed by atoms with Crippen LogP contribution in [-0.4, -0.2) is 87.4 Å². The first kappa shape index (κ1) is 45.4. The number of rotatable bonds is 11. The summed E-state index contributed by atoms with van der Waals surface area (Å²) in [6.07, 6.45) is 1.60. The van der Waals surface area contributed by atoms with Crippen molar-refractivity contribution < 1.29 is 49.2 Å². The lowest BCUT2D eigenvalue weighted by molar-refractivity contribution is -0.103. The average molecular weight is 868 g/mol. The van der Waals surface area contributed by atoms with Crippen LogP contribution in [0.4, 0.5) is 16.0 Å². The number of nitrogen functional groups attached to an aromatic ring is 2. The monoisotopic (exact) mass is 867 g/mol. The van der Waals surface area contributed by atoms with E-state index in [1.54, 1.807) is 24.3 Å². The van der Waals surface area contributed by atoms with Gasteiger partial charge in [-0.2, -0.15) is 9.97 Å². The van der Waals surface area contributed by atoms with Gasteiger partial charge in [-0.25, -0.2) is 19.2 Å². The van der Waals surface area contributed by atoms with Gasteiger partial charge in [0.05, 0.1) is 39.5 Å². The SMILES string of the molecule is Nc1ccn([C@@H]2CO[C@H](CO)O2)c(=O)n1.Nc1ccn([C@@H]2CO[C@H](COC(=O)c3ccccc3Cc3ccccc3)O2)c(=O)n1.O=C(O)c1ccccc1Cc1ccccc1.[2H]CF. The van der Waals surface area contributed by atoms with Crippen molar-refractivity contribution in [3.8, 4) is 0 Å². The number of nitrogens with zero attached hydrogens (tertiary/aromatic N) is 4. The Morgan fingerprint density at radius 3 is 1.60 bits per heavy atom. The lowest BCUT2D eigenvalue weighted by Gasteiger charge is -2.14. The zero-order valence-corrected chi connectivity index (χ0v) is 33.9. The minimum atomic E-state index is -1.00. The molecule has 0 unspecified atom stereocenters. The number of halogens is 1. The highest BCUT2D eigenvalue weighted by Gasteiger charge is 2.30. The number of esters is 1. The van der Waals surface area contributed by atoms with Gasteiger partial charge in [-0.1, -0.05) is 97.1 Å². The van der Waals surface area contributed by atoms with E-state index < -0.39 is 55.5 Å². The predicted molar refractivity (Wildman–Crippen MR) is 228 cm³/mol. The molecular formula is C45H47FN6O11. The van der Waals surface area contributed by atoms with Crippen LogP contribution in [-0.2, 0) is 36.5 Å². The summed E-state index contributed by atoms with van der Waals surface area (Å²) in [6, 6.07) is 37.2. The van der Waals surface area contributed by atoms with Crippen LogP contribution < -0.4 is 22.8 Å². The predicted octanol–water partition coefficient (Wildman–Crippen LogP) is 4.40. The molecule has 17 nitrogen and oxygen atoms in total. The lowest BCUT2D eigenvalue weighted by Crippen LogP contribution is -2.29. The molecule has 2 saturated heterocycles. The van der Waals surface area contributed by atoms with E-state index in [0.29, 0.717) is 24.0 Å². The van der Waals surface area contributed by atoms with Gasteiger partial charge in [0.15, 0.2) is 25.0 Å². The smallest absolute Gasteiger partial charge is 0.351 e. The summed E-state index contributed by atoms with van der Waals surface area (Å²) in [5, 5.41) is 17.8. The number of carbonyl (C=O) groups is 2. The van der Waals surface area contributed by atoms with Crippen molar-refractivity contribution in [2.45, 2.75) is 37.9 Å². The van der Waals surface area contributed by atoms with Gasteiger partial charge in [-0.05, 0) is 59.4 Å². The molecular weight excluding hydrogens is 820 g/mol. The van der Waals surface area contributed by atoms with Crippen LogP contribution in [0, 0.1) is 0 Å².